The Labute approximate surface area is 114 Å². The first-order valence-electron chi connectivity index (χ1n) is 5.86. The van der Waals surface area contributed by atoms with E-state index >= 15 is 0 Å². The van der Waals surface area contributed by atoms with Gasteiger partial charge in [0.25, 0.3) is 0 Å². The van der Waals surface area contributed by atoms with Gasteiger partial charge in [0.15, 0.2) is 0 Å². The fourth-order valence-corrected chi connectivity index (χ4v) is 1.81. The van der Waals surface area contributed by atoms with E-state index in [2.05, 4.69) is 4.74 Å². The lowest BCUT2D eigenvalue weighted by atomic mass is 10.0. The van der Waals surface area contributed by atoms with E-state index in [1.54, 1.807) is 12.1 Å². The van der Waals surface area contributed by atoms with Crippen molar-refractivity contribution in [2.75, 3.05) is 0 Å². The maximum Gasteiger partial charge on any atom is 0.387 e. The smallest absolute Gasteiger partial charge is 0.387 e. The first-order chi connectivity index (χ1) is 9.45. The zero-order valence-corrected chi connectivity index (χ0v) is 10.6. The molecule has 104 valence electrons. The first-order valence-corrected chi connectivity index (χ1v) is 5.86. The zero-order valence-electron chi connectivity index (χ0n) is 10.6. The summed E-state index contributed by atoms with van der Waals surface area (Å²) >= 11 is 0. The molecule has 0 aliphatic heterocycles. The molecule has 0 fully saturated rings. The minimum absolute atomic E-state index is 0.0984. The molecule has 5 heteroatoms. The standard InChI is InChI=1S/C15H12F2O3/c1-9-2-4-10(5-3-9)11-6-12(14(18)19)8-13(7-11)20-15(16)17/h2-8,15H,1H3,(H,18,19). The van der Waals surface area contributed by atoms with Gasteiger partial charge in [-0.2, -0.15) is 8.78 Å². The summed E-state index contributed by atoms with van der Waals surface area (Å²) in [5, 5.41) is 9.02. The van der Waals surface area contributed by atoms with Crippen molar-refractivity contribution < 1.29 is 23.4 Å². The minimum atomic E-state index is -3.00. The number of alkyl halides is 2. The predicted octanol–water partition coefficient (Wildman–Crippen LogP) is 3.96. The van der Waals surface area contributed by atoms with Crippen LogP contribution in [0.15, 0.2) is 42.5 Å². The summed E-state index contributed by atoms with van der Waals surface area (Å²) in [6.07, 6.45) is 0. The monoisotopic (exact) mass is 278 g/mol. The Morgan fingerprint density at radius 1 is 1.10 bits per heavy atom. The third kappa shape index (κ3) is 3.32. The van der Waals surface area contributed by atoms with Crippen molar-refractivity contribution in [1.29, 1.82) is 0 Å². The number of carbonyl (C=O) groups is 1. The fourth-order valence-electron chi connectivity index (χ4n) is 1.81. The van der Waals surface area contributed by atoms with E-state index < -0.39 is 12.6 Å². The van der Waals surface area contributed by atoms with Crippen LogP contribution in [0.4, 0.5) is 8.78 Å². The van der Waals surface area contributed by atoms with Crippen molar-refractivity contribution >= 4 is 5.97 Å². The van der Waals surface area contributed by atoms with Crippen LogP contribution in [0.25, 0.3) is 11.1 Å². The van der Waals surface area contributed by atoms with Crippen molar-refractivity contribution in [3.63, 3.8) is 0 Å². The highest BCUT2D eigenvalue weighted by Gasteiger charge is 2.12. The normalized spacial score (nSPS) is 10.6. The van der Waals surface area contributed by atoms with Crippen LogP contribution in [0.1, 0.15) is 15.9 Å². The van der Waals surface area contributed by atoms with Gasteiger partial charge < -0.3 is 9.84 Å². The highest BCUT2D eigenvalue weighted by molar-refractivity contribution is 5.90. The van der Waals surface area contributed by atoms with Gasteiger partial charge in [-0.1, -0.05) is 29.8 Å². The Kier molecular flexibility index (Phi) is 3.98. The predicted molar refractivity (Wildman–Crippen MR) is 70.2 cm³/mol. The number of hydrogen-bond donors (Lipinski definition) is 1. The number of carboxylic acid groups (broad SMARTS) is 1. The molecule has 1 N–H and O–H groups in total. The molecule has 20 heavy (non-hydrogen) atoms. The number of carboxylic acids is 1. The lowest BCUT2D eigenvalue weighted by Crippen LogP contribution is -2.04. The van der Waals surface area contributed by atoms with Gasteiger partial charge in [-0.05, 0) is 36.2 Å². The molecule has 0 saturated heterocycles. The van der Waals surface area contributed by atoms with E-state index in [-0.39, 0.29) is 11.3 Å². The Hall–Kier alpha value is -2.43. The first kappa shape index (κ1) is 14.0. The Balaban J connectivity index is 2.48. The molecule has 2 aromatic rings. The average Bonchev–Trinajstić information content (AvgIpc) is 2.38. The molecular weight excluding hydrogens is 266 g/mol. The molecule has 0 atom stereocenters. The summed E-state index contributed by atoms with van der Waals surface area (Å²) in [6.45, 7) is -1.08. The van der Waals surface area contributed by atoms with Crippen LogP contribution in [0, 0.1) is 6.92 Å². The van der Waals surface area contributed by atoms with Gasteiger partial charge in [-0.3, -0.25) is 0 Å². The van der Waals surface area contributed by atoms with Crippen LogP contribution in [0.2, 0.25) is 0 Å². The molecule has 3 nitrogen and oxygen atoms in total. The average molecular weight is 278 g/mol. The van der Waals surface area contributed by atoms with Crippen molar-refractivity contribution in [3.8, 4) is 16.9 Å². The Morgan fingerprint density at radius 2 is 1.75 bits per heavy atom. The molecule has 0 aromatic heterocycles. The lowest BCUT2D eigenvalue weighted by molar-refractivity contribution is -0.0498. The van der Waals surface area contributed by atoms with Crippen LogP contribution in [-0.2, 0) is 0 Å². The van der Waals surface area contributed by atoms with Gasteiger partial charge in [-0.15, -0.1) is 0 Å². The summed E-state index contributed by atoms with van der Waals surface area (Å²) in [7, 11) is 0. The number of halogens is 2. The van der Waals surface area contributed by atoms with Crippen molar-refractivity contribution in [2.45, 2.75) is 13.5 Å². The Bertz CT molecular complexity index is 622. The van der Waals surface area contributed by atoms with Gasteiger partial charge in [0.05, 0.1) is 5.56 Å². The molecule has 0 amide bonds. The summed E-state index contributed by atoms with van der Waals surface area (Å²) in [4.78, 5) is 11.0. The highest BCUT2D eigenvalue weighted by Crippen LogP contribution is 2.27. The number of benzene rings is 2. The molecular formula is C15H12F2O3. The van der Waals surface area contributed by atoms with E-state index in [1.807, 2.05) is 19.1 Å². The molecule has 0 aliphatic carbocycles. The summed E-state index contributed by atoms with van der Waals surface area (Å²) in [6, 6.07) is 11.2. The summed E-state index contributed by atoms with van der Waals surface area (Å²) in [5.74, 6) is -1.37. The SMILES string of the molecule is Cc1ccc(-c2cc(OC(F)F)cc(C(=O)O)c2)cc1. The molecule has 2 rings (SSSR count). The molecule has 0 radical (unpaired) electrons. The summed E-state index contributed by atoms with van der Waals surface area (Å²) < 4.78 is 28.8. The molecule has 0 bridgehead atoms. The van der Waals surface area contributed by atoms with Crippen molar-refractivity contribution in [3.05, 3.63) is 53.6 Å². The molecule has 2 aromatic carbocycles. The summed E-state index contributed by atoms with van der Waals surface area (Å²) in [5.41, 5.74) is 2.20. The minimum Gasteiger partial charge on any atom is -0.478 e. The second-order valence-electron chi connectivity index (χ2n) is 4.30. The number of hydrogen-bond acceptors (Lipinski definition) is 2. The number of rotatable bonds is 4. The highest BCUT2D eigenvalue weighted by atomic mass is 19.3. The third-order valence-electron chi connectivity index (χ3n) is 2.76. The molecule has 0 saturated carbocycles. The maximum absolute atomic E-state index is 12.3. The van der Waals surface area contributed by atoms with Gasteiger partial charge in [0, 0.05) is 0 Å². The van der Waals surface area contributed by atoms with Crippen LogP contribution in [-0.4, -0.2) is 17.7 Å². The van der Waals surface area contributed by atoms with Gasteiger partial charge >= 0.3 is 12.6 Å². The van der Waals surface area contributed by atoms with Gasteiger partial charge in [0.1, 0.15) is 5.75 Å². The van der Waals surface area contributed by atoms with Crippen LogP contribution in [0.3, 0.4) is 0 Å². The molecule has 0 unspecified atom stereocenters. The van der Waals surface area contributed by atoms with Gasteiger partial charge in [-0.25, -0.2) is 4.79 Å². The maximum atomic E-state index is 12.3. The zero-order chi connectivity index (χ0) is 14.7. The Morgan fingerprint density at radius 3 is 2.30 bits per heavy atom. The second-order valence-corrected chi connectivity index (χ2v) is 4.30. The van der Waals surface area contributed by atoms with E-state index in [0.29, 0.717) is 5.56 Å². The third-order valence-corrected chi connectivity index (χ3v) is 2.76. The lowest BCUT2D eigenvalue weighted by Gasteiger charge is -2.09. The second kappa shape index (κ2) is 5.69. The van der Waals surface area contributed by atoms with E-state index in [9.17, 15) is 13.6 Å². The van der Waals surface area contributed by atoms with Crippen molar-refractivity contribution in [2.24, 2.45) is 0 Å². The quantitative estimate of drug-likeness (QED) is 0.920. The van der Waals surface area contributed by atoms with Gasteiger partial charge in [0.2, 0.25) is 0 Å². The van der Waals surface area contributed by atoms with Crippen molar-refractivity contribution in [1.82, 2.24) is 0 Å². The number of aryl methyl sites for hydroxylation is 1. The van der Waals surface area contributed by atoms with E-state index in [1.165, 1.54) is 12.1 Å². The number of aromatic carboxylic acids is 1. The topological polar surface area (TPSA) is 46.5 Å². The number of ether oxygens (including phenoxy) is 1. The molecule has 0 spiro atoms. The van der Waals surface area contributed by atoms with E-state index in [0.717, 1.165) is 17.2 Å². The largest absolute Gasteiger partial charge is 0.478 e. The molecule has 0 heterocycles. The fraction of sp³-hybridized carbons (Fsp3) is 0.133. The van der Waals surface area contributed by atoms with E-state index in [4.69, 9.17) is 5.11 Å². The van der Waals surface area contributed by atoms with Crippen LogP contribution < -0.4 is 4.74 Å². The van der Waals surface area contributed by atoms with Crippen LogP contribution in [0.5, 0.6) is 5.75 Å². The molecule has 0 aliphatic rings. The van der Waals surface area contributed by atoms with Crippen LogP contribution >= 0.6 is 0 Å².